The van der Waals surface area contributed by atoms with Gasteiger partial charge in [0.05, 0.1) is 5.56 Å². The van der Waals surface area contributed by atoms with Gasteiger partial charge >= 0.3 is 0 Å². The zero-order valence-corrected chi connectivity index (χ0v) is 7.23. The quantitative estimate of drug-likeness (QED) is 0.471. The second kappa shape index (κ2) is 2.74. The molecule has 1 amide bonds. The minimum Gasteiger partial charge on any atom is -0.469 e. The van der Waals surface area contributed by atoms with E-state index >= 15 is 0 Å². The molecule has 0 saturated carbocycles. The molecule has 4 heteroatoms. The van der Waals surface area contributed by atoms with Crippen LogP contribution in [0.4, 0.5) is 0 Å². The van der Waals surface area contributed by atoms with Crippen LogP contribution in [0.1, 0.15) is 17.3 Å². The highest BCUT2D eigenvalue weighted by atomic mass is 16.5. The summed E-state index contributed by atoms with van der Waals surface area (Å²) in [4.78, 5) is 11.5. The maximum Gasteiger partial charge on any atom is 0.274 e. The molecular formula is C9H10N2O2. The molecule has 1 aromatic carbocycles. The van der Waals surface area contributed by atoms with E-state index in [9.17, 15) is 4.79 Å². The summed E-state index contributed by atoms with van der Waals surface area (Å²) in [5, 5.41) is 1.09. The van der Waals surface area contributed by atoms with E-state index in [0.29, 0.717) is 11.3 Å². The van der Waals surface area contributed by atoms with Gasteiger partial charge in [-0.15, -0.1) is 0 Å². The van der Waals surface area contributed by atoms with Crippen LogP contribution >= 0.6 is 0 Å². The van der Waals surface area contributed by atoms with Gasteiger partial charge in [-0.25, -0.2) is 10.9 Å². The molecule has 0 saturated heterocycles. The molecule has 1 unspecified atom stereocenters. The fourth-order valence-electron chi connectivity index (χ4n) is 1.29. The Morgan fingerprint density at radius 3 is 2.92 bits per heavy atom. The van der Waals surface area contributed by atoms with E-state index in [1.165, 1.54) is 0 Å². The summed E-state index contributed by atoms with van der Waals surface area (Å²) in [5.41, 5.74) is 0.517. The van der Waals surface area contributed by atoms with E-state index in [4.69, 9.17) is 10.6 Å². The van der Waals surface area contributed by atoms with Crippen LogP contribution in [-0.2, 0) is 0 Å². The van der Waals surface area contributed by atoms with Crippen molar-refractivity contribution in [1.29, 1.82) is 0 Å². The summed E-state index contributed by atoms with van der Waals surface area (Å²) in [7, 11) is 0. The third kappa shape index (κ3) is 1.15. The molecule has 0 bridgehead atoms. The van der Waals surface area contributed by atoms with Crippen LogP contribution in [0.15, 0.2) is 24.3 Å². The van der Waals surface area contributed by atoms with Crippen LogP contribution in [0, 0.1) is 0 Å². The summed E-state index contributed by atoms with van der Waals surface area (Å²) in [6.45, 7) is 1.73. The van der Waals surface area contributed by atoms with Crippen LogP contribution in [0.3, 0.4) is 0 Å². The number of hydrogen-bond donors (Lipinski definition) is 1. The number of carbonyl (C=O) groups is 1. The van der Waals surface area contributed by atoms with Crippen molar-refractivity contribution in [3.05, 3.63) is 29.8 Å². The Labute approximate surface area is 75.9 Å². The zero-order valence-electron chi connectivity index (χ0n) is 7.23. The maximum atomic E-state index is 11.5. The number of hydrogen-bond acceptors (Lipinski definition) is 3. The smallest absolute Gasteiger partial charge is 0.274 e. The molecule has 4 nitrogen and oxygen atoms in total. The molecule has 0 fully saturated rings. The first kappa shape index (κ1) is 8.07. The molecule has 13 heavy (non-hydrogen) atoms. The lowest BCUT2D eigenvalue weighted by Crippen LogP contribution is -2.49. The molecule has 1 atom stereocenters. The molecule has 68 valence electrons. The number of nitrogens with zero attached hydrogens (tertiary/aromatic N) is 1. The number of hydrazine groups is 1. The van der Waals surface area contributed by atoms with E-state index in [1.54, 1.807) is 25.1 Å². The highest BCUT2D eigenvalue weighted by Crippen LogP contribution is 2.25. The van der Waals surface area contributed by atoms with Gasteiger partial charge in [-0.2, -0.15) is 0 Å². The Bertz CT molecular complexity index is 351. The fraction of sp³-hybridized carbons (Fsp3) is 0.222. The standard InChI is InChI=1S/C9H10N2O2/c1-6-11(10)9(12)7-4-2-3-5-8(7)13-6/h2-6H,10H2,1H3. The molecule has 2 N–H and O–H groups in total. The van der Waals surface area contributed by atoms with Gasteiger partial charge in [0.1, 0.15) is 5.75 Å². The van der Waals surface area contributed by atoms with Gasteiger partial charge in [-0.3, -0.25) is 4.79 Å². The van der Waals surface area contributed by atoms with Crippen molar-refractivity contribution in [3.8, 4) is 5.75 Å². The fourth-order valence-corrected chi connectivity index (χ4v) is 1.29. The molecule has 1 heterocycles. The first-order valence-corrected chi connectivity index (χ1v) is 4.04. The van der Waals surface area contributed by atoms with Crippen LogP contribution in [0.5, 0.6) is 5.75 Å². The van der Waals surface area contributed by atoms with Crippen molar-refractivity contribution in [2.24, 2.45) is 5.84 Å². The lowest BCUT2D eigenvalue weighted by Gasteiger charge is -2.30. The Kier molecular flexibility index (Phi) is 1.70. The molecule has 0 aromatic heterocycles. The first-order valence-electron chi connectivity index (χ1n) is 4.04. The Balaban J connectivity index is 2.49. The van der Waals surface area contributed by atoms with Crippen molar-refractivity contribution < 1.29 is 9.53 Å². The first-order chi connectivity index (χ1) is 6.20. The third-order valence-electron chi connectivity index (χ3n) is 2.04. The molecule has 1 aliphatic rings. The molecule has 0 spiro atoms. The van der Waals surface area contributed by atoms with Crippen molar-refractivity contribution >= 4 is 5.91 Å². The van der Waals surface area contributed by atoms with Crippen LogP contribution in [0.25, 0.3) is 0 Å². The number of benzene rings is 1. The van der Waals surface area contributed by atoms with E-state index in [1.807, 2.05) is 6.07 Å². The Morgan fingerprint density at radius 1 is 1.46 bits per heavy atom. The SMILES string of the molecule is CC1Oc2ccccc2C(=O)N1N. The average molecular weight is 178 g/mol. The molecule has 1 aromatic rings. The lowest BCUT2D eigenvalue weighted by atomic mass is 10.1. The predicted molar refractivity (Wildman–Crippen MR) is 46.9 cm³/mol. The van der Waals surface area contributed by atoms with E-state index in [2.05, 4.69) is 0 Å². The van der Waals surface area contributed by atoms with Gasteiger partial charge < -0.3 is 4.74 Å². The van der Waals surface area contributed by atoms with Crippen molar-refractivity contribution in [2.45, 2.75) is 13.2 Å². The van der Waals surface area contributed by atoms with Gasteiger partial charge in [0.2, 0.25) is 0 Å². The number of para-hydroxylation sites is 1. The zero-order chi connectivity index (χ0) is 9.42. The minimum atomic E-state index is -0.401. The highest BCUT2D eigenvalue weighted by molar-refractivity contribution is 5.97. The topological polar surface area (TPSA) is 55.6 Å². The summed E-state index contributed by atoms with van der Waals surface area (Å²) in [6.07, 6.45) is -0.401. The minimum absolute atomic E-state index is 0.200. The van der Waals surface area contributed by atoms with Gasteiger partial charge in [0, 0.05) is 0 Å². The van der Waals surface area contributed by atoms with Gasteiger partial charge in [0.15, 0.2) is 6.23 Å². The average Bonchev–Trinajstić information content (AvgIpc) is 2.15. The van der Waals surface area contributed by atoms with Gasteiger partial charge in [-0.1, -0.05) is 12.1 Å². The molecule has 1 aliphatic heterocycles. The monoisotopic (exact) mass is 178 g/mol. The predicted octanol–water partition coefficient (Wildman–Crippen LogP) is 0.741. The largest absolute Gasteiger partial charge is 0.469 e. The van der Waals surface area contributed by atoms with Crippen LogP contribution in [0.2, 0.25) is 0 Å². The molecule has 2 rings (SSSR count). The number of carbonyl (C=O) groups excluding carboxylic acids is 1. The highest BCUT2D eigenvalue weighted by Gasteiger charge is 2.28. The summed E-state index contributed by atoms with van der Waals surface area (Å²) in [6, 6.07) is 7.06. The summed E-state index contributed by atoms with van der Waals surface area (Å²) in [5.74, 6) is 5.89. The maximum absolute atomic E-state index is 11.5. The van der Waals surface area contributed by atoms with Crippen molar-refractivity contribution in [1.82, 2.24) is 5.01 Å². The third-order valence-corrected chi connectivity index (χ3v) is 2.04. The second-order valence-corrected chi connectivity index (χ2v) is 2.93. The van der Waals surface area contributed by atoms with Crippen LogP contribution in [-0.4, -0.2) is 17.1 Å². The Hall–Kier alpha value is -1.55. The number of nitrogens with two attached hydrogens (primary N) is 1. The second-order valence-electron chi connectivity index (χ2n) is 2.93. The van der Waals surface area contributed by atoms with Crippen molar-refractivity contribution in [3.63, 3.8) is 0 Å². The Morgan fingerprint density at radius 2 is 2.15 bits per heavy atom. The van der Waals surface area contributed by atoms with E-state index < -0.39 is 6.23 Å². The molecular weight excluding hydrogens is 168 g/mol. The van der Waals surface area contributed by atoms with E-state index in [0.717, 1.165) is 5.01 Å². The van der Waals surface area contributed by atoms with Gasteiger partial charge in [0.25, 0.3) is 5.91 Å². The van der Waals surface area contributed by atoms with Gasteiger partial charge in [-0.05, 0) is 19.1 Å². The number of fused-ring (bicyclic) bond motifs is 1. The van der Waals surface area contributed by atoms with Crippen molar-refractivity contribution in [2.75, 3.05) is 0 Å². The van der Waals surface area contributed by atoms with Crippen LogP contribution < -0.4 is 10.6 Å². The molecule has 0 radical (unpaired) electrons. The summed E-state index contributed by atoms with van der Waals surface area (Å²) < 4.78 is 5.39. The number of ether oxygens (including phenoxy) is 1. The summed E-state index contributed by atoms with van der Waals surface area (Å²) >= 11 is 0. The van der Waals surface area contributed by atoms with E-state index in [-0.39, 0.29) is 5.91 Å². The lowest BCUT2D eigenvalue weighted by molar-refractivity contribution is 0.0179. The number of rotatable bonds is 0. The normalized spacial score (nSPS) is 20.9. The molecule has 0 aliphatic carbocycles. The number of amides is 1.